The number of hydrazine groups is 1. The van der Waals surface area contributed by atoms with Crippen LogP contribution in [0.15, 0.2) is 58.5 Å². The van der Waals surface area contributed by atoms with E-state index >= 15 is 0 Å². The van der Waals surface area contributed by atoms with Gasteiger partial charge in [0, 0.05) is 21.7 Å². The predicted octanol–water partition coefficient (Wildman–Crippen LogP) is 4.81. The number of benzene rings is 1. The Labute approximate surface area is 161 Å². The molecular weight excluding hydrogens is 362 g/mol. The second kappa shape index (κ2) is 6.96. The monoisotopic (exact) mass is 381 g/mol. The average Bonchev–Trinajstić information content (AvgIpc) is 3.34. The van der Waals surface area contributed by atoms with Gasteiger partial charge in [-0.25, -0.2) is 9.97 Å². The van der Waals surface area contributed by atoms with Gasteiger partial charge in [0.05, 0.1) is 16.8 Å². The summed E-state index contributed by atoms with van der Waals surface area (Å²) in [6.07, 6.45) is 13.1. The lowest BCUT2D eigenvalue weighted by Gasteiger charge is -2.29. The zero-order valence-corrected chi connectivity index (χ0v) is 15.8. The van der Waals surface area contributed by atoms with Crippen molar-refractivity contribution in [1.29, 1.82) is 0 Å². The molecule has 1 N–H and O–H groups in total. The lowest BCUT2D eigenvalue weighted by molar-refractivity contribution is 0.450. The van der Waals surface area contributed by atoms with Gasteiger partial charge in [0.25, 0.3) is 0 Å². The summed E-state index contributed by atoms with van der Waals surface area (Å²) in [5.74, 6) is 0.835. The summed E-state index contributed by atoms with van der Waals surface area (Å²) in [6, 6.07) is 6.51. The number of hydrogen-bond donors (Lipinski definition) is 1. The molecule has 0 radical (unpaired) electrons. The van der Waals surface area contributed by atoms with Gasteiger partial charge in [-0.2, -0.15) is 0 Å². The highest BCUT2D eigenvalue weighted by Crippen LogP contribution is 2.37. The average molecular weight is 382 g/mol. The SMILES string of the molecule is C1=CN(Nc2ncnc3ccc(SC4CCCC4)cc23)C2SC=NC2=C1. The smallest absolute Gasteiger partial charge is 0.155 e. The van der Waals surface area contributed by atoms with E-state index in [1.165, 1.54) is 30.6 Å². The molecule has 0 bridgehead atoms. The minimum absolute atomic E-state index is 0.154. The van der Waals surface area contributed by atoms with E-state index in [0.717, 1.165) is 27.7 Å². The lowest BCUT2D eigenvalue weighted by atomic mass is 10.2. The van der Waals surface area contributed by atoms with Gasteiger partial charge in [0.2, 0.25) is 0 Å². The number of allylic oxidation sites excluding steroid dienone is 2. The van der Waals surface area contributed by atoms with Crippen LogP contribution in [0.2, 0.25) is 0 Å². The molecule has 1 aromatic carbocycles. The third-order valence-electron chi connectivity index (χ3n) is 4.86. The molecule has 0 saturated heterocycles. The number of fused-ring (bicyclic) bond motifs is 2. The highest BCUT2D eigenvalue weighted by molar-refractivity contribution is 8.13. The van der Waals surface area contributed by atoms with E-state index in [2.05, 4.69) is 43.6 Å². The van der Waals surface area contributed by atoms with Gasteiger partial charge in [-0.1, -0.05) is 24.6 Å². The van der Waals surface area contributed by atoms with Crippen molar-refractivity contribution in [2.24, 2.45) is 4.99 Å². The van der Waals surface area contributed by atoms with E-state index < -0.39 is 0 Å². The van der Waals surface area contributed by atoms with Gasteiger partial charge in [-0.15, -0.1) is 11.8 Å². The summed E-state index contributed by atoms with van der Waals surface area (Å²) in [6.45, 7) is 0. The van der Waals surface area contributed by atoms with Gasteiger partial charge < -0.3 is 0 Å². The van der Waals surface area contributed by atoms with Gasteiger partial charge in [0.1, 0.15) is 11.7 Å². The van der Waals surface area contributed by atoms with E-state index in [1.54, 1.807) is 18.1 Å². The summed E-state index contributed by atoms with van der Waals surface area (Å²) >= 11 is 3.68. The number of nitrogens with one attached hydrogen (secondary N) is 1. The van der Waals surface area contributed by atoms with Crippen LogP contribution in [0.3, 0.4) is 0 Å². The topological polar surface area (TPSA) is 53.4 Å². The molecule has 1 fully saturated rings. The zero-order valence-electron chi connectivity index (χ0n) is 14.2. The van der Waals surface area contributed by atoms with Crippen molar-refractivity contribution in [3.8, 4) is 0 Å². The maximum Gasteiger partial charge on any atom is 0.155 e. The van der Waals surface area contributed by atoms with Crippen molar-refractivity contribution in [1.82, 2.24) is 15.0 Å². The van der Waals surface area contributed by atoms with E-state index in [0.29, 0.717) is 0 Å². The molecular formula is C19H19N5S2. The van der Waals surface area contributed by atoms with Crippen molar-refractivity contribution in [3.05, 3.63) is 48.6 Å². The number of aromatic nitrogens is 2. The minimum Gasteiger partial charge on any atom is -0.280 e. The second-order valence-electron chi connectivity index (χ2n) is 6.60. The number of thioether (sulfide) groups is 2. The molecule has 1 atom stereocenters. The Morgan fingerprint density at radius 3 is 3.04 bits per heavy atom. The lowest BCUT2D eigenvalue weighted by Crippen LogP contribution is -2.34. The molecule has 2 aromatic rings. The normalized spacial score (nSPS) is 22.1. The van der Waals surface area contributed by atoms with Gasteiger partial charge in [-0.05, 0) is 43.2 Å². The fourth-order valence-corrected chi connectivity index (χ4v) is 5.66. The van der Waals surface area contributed by atoms with Gasteiger partial charge >= 0.3 is 0 Å². The standard InChI is InChI=1S/C19H19N5S2/c1-2-5-13(4-1)26-14-7-8-16-15(10-14)18(21-11-20-16)23-24-9-3-6-17-19(24)25-12-22-17/h3,6-13,19H,1-2,4-5H2,(H,20,21,23). The Bertz CT molecular complexity index is 917. The Morgan fingerprint density at radius 2 is 2.12 bits per heavy atom. The van der Waals surface area contributed by atoms with Crippen LogP contribution in [0.25, 0.3) is 10.9 Å². The molecule has 0 spiro atoms. The third-order valence-corrected chi connectivity index (χ3v) is 7.14. The highest BCUT2D eigenvalue weighted by atomic mass is 32.2. The van der Waals surface area contributed by atoms with Gasteiger partial charge in [0.15, 0.2) is 5.82 Å². The fourth-order valence-electron chi connectivity index (χ4n) is 3.54. The molecule has 1 unspecified atom stereocenters. The first-order chi connectivity index (χ1) is 12.9. The molecule has 5 nitrogen and oxygen atoms in total. The second-order valence-corrected chi connectivity index (χ2v) is 8.90. The van der Waals surface area contributed by atoms with Crippen LogP contribution in [0.4, 0.5) is 5.82 Å². The summed E-state index contributed by atoms with van der Waals surface area (Å²) in [5, 5.41) is 4.02. The highest BCUT2D eigenvalue weighted by Gasteiger charge is 2.26. The Morgan fingerprint density at radius 1 is 1.19 bits per heavy atom. The van der Waals surface area contributed by atoms with E-state index in [9.17, 15) is 0 Å². The van der Waals surface area contributed by atoms with Crippen LogP contribution in [0.1, 0.15) is 25.7 Å². The third kappa shape index (κ3) is 3.10. The van der Waals surface area contributed by atoms with Crippen LogP contribution < -0.4 is 5.43 Å². The molecule has 26 heavy (non-hydrogen) atoms. The summed E-state index contributed by atoms with van der Waals surface area (Å²) in [4.78, 5) is 14.7. The number of aliphatic imine (C=N–C) groups is 1. The first-order valence-electron chi connectivity index (χ1n) is 8.90. The van der Waals surface area contributed by atoms with Crippen LogP contribution in [0, 0.1) is 0 Å². The Balaban J connectivity index is 1.43. The fraction of sp³-hybridized carbons (Fsp3) is 0.316. The molecule has 3 aliphatic rings. The Hall–Kier alpha value is -1.99. The largest absolute Gasteiger partial charge is 0.280 e. The predicted molar refractivity (Wildman–Crippen MR) is 110 cm³/mol. The van der Waals surface area contributed by atoms with Crippen molar-refractivity contribution in [2.75, 3.05) is 5.43 Å². The van der Waals surface area contributed by atoms with Gasteiger partial charge in [-0.3, -0.25) is 15.4 Å². The number of hydrogen-bond acceptors (Lipinski definition) is 7. The molecule has 1 aromatic heterocycles. The Kier molecular flexibility index (Phi) is 4.34. The quantitative estimate of drug-likeness (QED) is 0.820. The van der Waals surface area contributed by atoms with E-state index in [4.69, 9.17) is 0 Å². The molecule has 1 saturated carbocycles. The molecule has 132 valence electrons. The first-order valence-corrected chi connectivity index (χ1v) is 10.7. The van der Waals surface area contributed by atoms with Crippen LogP contribution in [0.5, 0.6) is 0 Å². The first kappa shape index (κ1) is 16.2. The van der Waals surface area contributed by atoms with E-state index in [1.807, 2.05) is 35.7 Å². The molecule has 5 rings (SSSR count). The molecule has 3 heterocycles. The molecule has 0 amide bonds. The van der Waals surface area contributed by atoms with Crippen molar-refractivity contribution in [2.45, 2.75) is 41.2 Å². The molecule has 1 aliphatic carbocycles. The van der Waals surface area contributed by atoms with Crippen molar-refractivity contribution >= 4 is 45.8 Å². The molecule has 7 heteroatoms. The summed E-state index contributed by atoms with van der Waals surface area (Å²) in [7, 11) is 0. The summed E-state index contributed by atoms with van der Waals surface area (Å²) in [5.41, 5.74) is 7.38. The van der Waals surface area contributed by atoms with Crippen molar-refractivity contribution in [3.63, 3.8) is 0 Å². The van der Waals surface area contributed by atoms with Crippen LogP contribution in [-0.2, 0) is 0 Å². The van der Waals surface area contributed by atoms with E-state index in [-0.39, 0.29) is 5.37 Å². The number of rotatable bonds is 4. The number of anilines is 1. The van der Waals surface area contributed by atoms with Crippen LogP contribution >= 0.6 is 23.5 Å². The van der Waals surface area contributed by atoms with Crippen LogP contribution in [-0.4, -0.2) is 31.1 Å². The maximum atomic E-state index is 4.51. The maximum absolute atomic E-state index is 4.51. The number of nitrogens with zero attached hydrogens (tertiary/aromatic N) is 4. The molecule has 2 aliphatic heterocycles. The zero-order chi connectivity index (χ0) is 17.3. The minimum atomic E-state index is 0.154. The summed E-state index contributed by atoms with van der Waals surface area (Å²) < 4.78 is 0. The van der Waals surface area contributed by atoms with Crippen molar-refractivity contribution < 1.29 is 0 Å².